The number of hydrogen-bond donors (Lipinski definition) is 3. The van der Waals surface area contributed by atoms with Crippen LogP contribution in [0, 0.1) is 5.92 Å². The van der Waals surface area contributed by atoms with Crippen LogP contribution in [-0.4, -0.2) is 40.7 Å². The Morgan fingerprint density at radius 2 is 1.69 bits per heavy atom. The van der Waals surface area contributed by atoms with Crippen molar-refractivity contribution in [2.45, 2.75) is 38.6 Å². The van der Waals surface area contributed by atoms with Gasteiger partial charge >= 0.3 is 12.1 Å². The molecule has 0 fully saturated rings. The predicted octanol–water partition coefficient (Wildman–Crippen LogP) is 4.66. The number of nitrogens with zero attached hydrogens (tertiary/aromatic N) is 1. The molecule has 0 saturated heterocycles. The molecule has 9 heteroatoms. The van der Waals surface area contributed by atoms with Gasteiger partial charge in [0.1, 0.15) is 12.6 Å². The number of anilines is 1. The summed E-state index contributed by atoms with van der Waals surface area (Å²) < 4.78 is 5.52. The highest BCUT2D eigenvalue weighted by atomic mass is 32.1. The largest absolute Gasteiger partial charge is 0.480 e. The molecule has 0 aliphatic heterocycles. The maximum absolute atomic E-state index is 12.4. The molecule has 3 aromatic rings. The Kier molecular flexibility index (Phi) is 7.45. The van der Waals surface area contributed by atoms with Crippen molar-refractivity contribution >= 4 is 34.4 Å². The molecule has 1 aliphatic rings. The zero-order chi connectivity index (χ0) is 24.9. The fourth-order valence-electron chi connectivity index (χ4n) is 4.27. The van der Waals surface area contributed by atoms with Gasteiger partial charge in [-0.2, -0.15) is 0 Å². The number of carboxylic acids is 1. The number of carboxylic acid groups (broad SMARTS) is 1. The molecule has 1 aromatic heterocycles. The third-order valence-electron chi connectivity index (χ3n) is 5.79. The Labute approximate surface area is 207 Å². The maximum Gasteiger partial charge on any atom is 0.413 e. The molecule has 1 aliphatic carbocycles. The van der Waals surface area contributed by atoms with Crippen molar-refractivity contribution < 1.29 is 24.2 Å². The van der Waals surface area contributed by atoms with Gasteiger partial charge in [0.2, 0.25) is 5.91 Å². The van der Waals surface area contributed by atoms with Crippen LogP contribution in [0.5, 0.6) is 0 Å². The molecule has 1 heterocycles. The van der Waals surface area contributed by atoms with Gasteiger partial charge in [0.15, 0.2) is 5.13 Å². The number of aromatic nitrogens is 1. The van der Waals surface area contributed by atoms with Crippen LogP contribution < -0.4 is 10.6 Å². The standard InChI is InChI=1S/C26H27N3O5S/c1-15(2)11-22(24(31)32)28-23(30)12-16-14-35-25(27-16)29-26(33)34-13-21-19-9-5-3-7-17(19)18-8-4-6-10-20(18)21/h3-10,14-15,21-22H,11-13H2,1-2H3,(H,28,30)(H,31,32)(H,27,29,33). The van der Waals surface area contributed by atoms with Crippen molar-refractivity contribution in [3.8, 4) is 11.1 Å². The molecular formula is C26H27N3O5S. The second-order valence-electron chi connectivity index (χ2n) is 8.86. The topological polar surface area (TPSA) is 118 Å². The fraction of sp³-hybridized carbons (Fsp3) is 0.308. The average molecular weight is 494 g/mol. The zero-order valence-corrected chi connectivity index (χ0v) is 20.3. The summed E-state index contributed by atoms with van der Waals surface area (Å²) in [4.78, 5) is 40.3. The molecule has 0 radical (unpaired) electrons. The lowest BCUT2D eigenvalue weighted by atomic mass is 9.98. The highest BCUT2D eigenvalue weighted by Gasteiger charge is 2.29. The second kappa shape index (κ2) is 10.7. The number of amides is 2. The van der Waals surface area contributed by atoms with Gasteiger partial charge in [0.05, 0.1) is 12.1 Å². The van der Waals surface area contributed by atoms with Gasteiger partial charge < -0.3 is 15.2 Å². The number of benzene rings is 2. The molecule has 3 N–H and O–H groups in total. The minimum atomic E-state index is -1.07. The number of fused-ring (bicyclic) bond motifs is 3. The third-order valence-corrected chi connectivity index (χ3v) is 6.59. The van der Waals surface area contributed by atoms with Crippen molar-refractivity contribution in [2.24, 2.45) is 5.92 Å². The number of thiazole rings is 1. The summed E-state index contributed by atoms with van der Waals surface area (Å²) in [6.07, 6.45) is -0.364. The van der Waals surface area contributed by atoms with Gasteiger partial charge in [-0.15, -0.1) is 11.3 Å². The Morgan fingerprint density at radius 3 is 2.29 bits per heavy atom. The van der Waals surface area contributed by atoms with Gasteiger partial charge in [0, 0.05) is 11.3 Å². The van der Waals surface area contributed by atoms with Crippen LogP contribution in [0.1, 0.15) is 43.0 Å². The van der Waals surface area contributed by atoms with E-state index in [4.69, 9.17) is 4.74 Å². The van der Waals surface area contributed by atoms with Crippen LogP contribution in [0.2, 0.25) is 0 Å². The monoisotopic (exact) mass is 493 g/mol. The molecule has 4 rings (SSSR count). The molecule has 2 aromatic carbocycles. The first kappa shape index (κ1) is 24.4. The van der Waals surface area contributed by atoms with Crippen molar-refractivity contribution in [3.05, 3.63) is 70.7 Å². The van der Waals surface area contributed by atoms with Gasteiger partial charge in [0.25, 0.3) is 0 Å². The molecule has 182 valence electrons. The van der Waals surface area contributed by atoms with Crippen molar-refractivity contribution in [2.75, 3.05) is 11.9 Å². The normalized spacial score (nSPS) is 13.1. The highest BCUT2D eigenvalue weighted by molar-refractivity contribution is 7.13. The van der Waals surface area contributed by atoms with Gasteiger partial charge in [-0.05, 0) is 34.6 Å². The average Bonchev–Trinajstić information content (AvgIpc) is 3.38. The highest BCUT2D eigenvalue weighted by Crippen LogP contribution is 2.44. The summed E-state index contributed by atoms with van der Waals surface area (Å²) in [6, 6.07) is 15.3. The maximum atomic E-state index is 12.4. The number of aliphatic carboxylic acids is 1. The van der Waals surface area contributed by atoms with E-state index < -0.39 is 24.0 Å². The Hall–Kier alpha value is -3.72. The van der Waals surface area contributed by atoms with Crippen LogP contribution in [0.4, 0.5) is 9.93 Å². The Morgan fingerprint density at radius 1 is 1.06 bits per heavy atom. The molecule has 1 atom stereocenters. The first-order valence-corrected chi connectivity index (χ1v) is 12.3. The van der Waals surface area contributed by atoms with E-state index in [1.807, 2.05) is 38.1 Å². The minimum Gasteiger partial charge on any atom is -0.480 e. The van der Waals surface area contributed by atoms with Crippen LogP contribution >= 0.6 is 11.3 Å². The molecule has 2 amide bonds. The number of hydrogen-bond acceptors (Lipinski definition) is 6. The summed E-state index contributed by atoms with van der Waals surface area (Å²) in [5, 5.41) is 16.4. The number of rotatable bonds is 9. The minimum absolute atomic E-state index is 0.0447. The Balaban J connectivity index is 1.31. The first-order valence-electron chi connectivity index (χ1n) is 11.4. The van der Waals surface area contributed by atoms with E-state index in [9.17, 15) is 19.5 Å². The van der Waals surface area contributed by atoms with E-state index in [-0.39, 0.29) is 24.9 Å². The predicted molar refractivity (Wildman–Crippen MR) is 134 cm³/mol. The zero-order valence-electron chi connectivity index (χ0n) is 19.5. The summed E-state index contributed by atoms with van der Waals surface area (Å²) in [6.45, 7) is 3.97. The summed E-state index contributed by atoms with van der Waals surface area (Å²) in [7, 11) is 0. The smallest absolute Gasteiger partial charge is 0.413 e. The molecule has 1 unspecified atom stereocenters. The van der Waals surface area contributed by atoms with E-state index in [0.29, 0.717) is 17.2 Å². The number of carbonyl (C=O) groups excluding carboxylic acids is 2. The van der Waals surface area contributed by atoms with E-state index in [0.717, 1.165) is 22.3 Å². The van der Waals surface area contributed by atoms with Gasteiger partial charge in [-0.25, -0.2) is 14.6 Å². The SMILES string of the molecule is CC(C)CC(NC(=O)Cc1csc(NC(=O)OCC2c3ccccc3-c3ccccc32)n1)C(=O)O. The van der Waals surface area contributed by atoms with E-state index in [1.54, 1.807) is 5.38 Å². The fourth-order valence-corrected chi connectivity index (χ4v) is 4.97. The van der Waals surface area contributed by atoms with Gasteiger partial charge in [-0.1, -0.05) is 62.4 Å². The second-order valence-corrected chi connectivity index (χ2v) is 9.72. The summed E-state index contributed by atoms with van der Waals surface area (Å²) in [5.74, 6) is -1.42. The Bertz CT molecular complexity index is 1190. The molecular weight excluding hydrogens is 466 g/mol. The lowest BCUT2D eigenvalue weighted by Gasteiger charge is -2.16. The molecule has 8 nitrogen and oxygen atoms in total. The van der Waals surface area contributed by atoms with Crippen LogP contribution in [-0.2, 0) is 20.7 Å². The van der Waals surface area contributed by atoms with Crippen molar-refractivity contribution in [1.82, 2.24) is 10.3 Å². The first-order chi connectivity index (χ1) is 16.8. The van der Waals surface area contributed by atoms with Crippen molar-refractivity contribution in [1.29, 1.82) is 0 Å². The summed E-state index contributed by atoms with van der Waals surface area (Å²) in [5.41, 5.74) is 4.99. The lowest BCUT2D eigenvalue weighted by molar-refractivity contribution is -0.142. The molecule has 0 saturated carbocycles. The van der Waals surface area contributed by atoms with Crippen LogP contribution in [0.15, 0.2) is 53.9 Å². The van der Waals surface area contributed by atoms with E-state index >= 15 is 0 Å². The van der Waals surface area contributed by atoms with Crippen molar-refractivity contribution in [3.63, 3.8) is 0 Å². The van der Waals surface area contributed by atoms with Crippen LogP contribution in [0.3, 0.4) is 0 Å². The molecule has 0 spiro atoms. The number of nitrogens with one attached hydrogen (secondary N) is 2. The lowest BCUT2D eigenvalue weighted by Crippen LogP contribution is -2.42. The van der Waals surface area contributed by atoms with Gasteiger partial charge in [-0.3, -0.25) is 10.1 Å². The van der Waals surface area contributed by atoms with Crippen LogP contribution in [0.25, 0.3) is 11.1 Å². The van der Waals surface area contributed by atoms with E-state index in [1.165, 1.54) is 11.3 Å². The molecule has 35 heavy (non-hydrogen) atoms. The quantitative estimate of drug-likeness (QED) is 0.399. The third kappa shape index (κ3) is 5.86. The molecule has 0 bridgehead atoms. The van der Waals surface area contributed by atoms with E-state index in [2.05, 4.69) is 39.9 Å². The summed E-state index contributed by atoms with van der Waals surface area (Å²) >= 11 is 1.17. The number of carbonyl (C=O) groups is 3. The number of ether oxygens (including phenoxy) is 1.